The summed E-state index contributed by atoms with van der Waals surface area (Å²) in [6, 6.07) is 80.3. The van der Waals surface area contributed by atoms with E-state index >= 15 is 0 Å². The molecule has 9 aromatic carbocycles. The van der Waals surface area contributed by atoms with E-state index in [2.05, 4.69) is 204 Å². The van der Waals surface area contributed by atoms with Crippen LogP contribution in [0.5, 0.6) is 0 Å². The monoisotopic (exact) mass is 908 g/mol. The SMILES string of the molecule is CC1(C)c2ccccc2-c2cc3c4cc(-c5ccc6c7cc(-c8cccc(-c9ccccn9)c8)ccc7n(-c7ccccc7)c6c5)ccc4n(-c4nc(-c5ccccc5)nc(-c5ccccc5)n4)c3cc21. The Kier molecular flexibility index (Phi) is 9.14. The van der Waals surface area contributed by atoms with Gasteiger partial charge in [0.2, 0.25) is 5.95 Å². The molecule has 4 heterocycles. The standard InChI is InChI=1S/C65H44N6/c1-65(2)55-26-13-12-25-49(55)51-39-54-53-37-45(30-33-59(53)71(61(54)40-56(51)65)64-68-62(41-17-6-3-7-18-41)67-63(69-64)42-19-8-4-9-20-42)46-28-31-50-52-36-44(43-21-16-22-47(35-43)57-27-14-15-34-66-57)29-32-58(52)70(60(50)38-46)48-23-10-5-11-24-48/h3-40H,1-2H3. The molecule has 0 bridgehead atoms. The summed E-state index contributed by atoms with van der Waals surface area (Å²) in [5.74, 6) is 1.83. The lowest BCUT2D eigenvalue weighted by Crippen LogP contribution is -2.15. The van der Waals surface area contributed by atoms with Crippen LogP contribution >= 0.6 is 0 Å². The minimum atomic E-state index is -0.201. The van der Waals surface area contributed by atoms with E-state index in [1.165, 1.54) is 33.0 Å². The lowest BCUT2D eigenvalue weighted by molar-refractivity contribution is 0.661. The maximum absolute atomic E-state index is 5.29. The van der Waals surface area contributed by atoms with E-state index in [1.54, 1.807) is 0 Å². The van der Waals surface area contributed by atoms with Gasteiger partial charge >= 0.3 is 0 Å². The van der Waals surface area contributed by atoms with Crippen molar-refractivity contribution in [2.45, 2.75) is 19.3 Å². The average molecular weight is 909 g/mol. The average Bonchev–Trinajstić information content (AvgIpc) is 4.02. The molecular weight excluding hydrogens is 865 g/mol. The Labute approximate surface area is 410 Å². The van der Waals surface area contributed by atoms with E-state index < -0.39 is 0 Å². The summed E-state index contributed by atoms with van der Waals surface area (Å²) in [6.45, 7) is 4.68. The van der Waals surface area contributed by atoms with E-state index in [4.69, 9.17) is 15.0 Å². The van der Waals surface area contributed by atoms with E-state index in [1.807, 2.05) is 54.7 Å². The number of pyridine rings is 1. The van der Waals surface area contributed by atoms with Gasteiger partial charge in [-0.25, -0.2) is 4.98 Å². The summed E-state index contributed by atoms with van der Waals surface area (Å²) >= 11 is 0. The Morgan fingerprint density at radius 2 is 0.887 bits per heavy atom. The molecular formula is C65H44N6. The van der Waals surface area contributed by atoms with Crippen molar-refractivity contribution in [3.05, 3.63) is 242 Å². The van der Waals surface area contributed by atoms with Crippen LogP contribution in [0.25, 0.3) is 123 Å². The van der Waals surface area contributed by atoms with Crippen LogP contribution in [0.1, 0.15) is 25.0 Å². The first-order chi connectivity index (χ1) is 34.9. The maximum atomic E-state index is 5.29. The Balaban J connectivity index is 0.982. The zero-order valence-corrected chi connectivity index (χ0v) is 39.1. The smallest absolute Gasteiger partial charge is 0.238 e. The molecule has 0 saturated carbocycles. The second-order valence-corrected chi connectivity index (χ2v) is 19.1. The van der Waals surface area contributed by atoms with Crippen LogP contribution in [0.15, 0.2) is 231 Å². The molecule has 1 aliphatic rings. The predicted molar refractivity (Wildman–Crippen MR) is 291 cm³/mol. The van der Waals surface area contributed by atoms with Crippen LogP contribution < -0.4 is 0 Å². The van der Waals surface area contributed by atoms with Gasteiger partial charge in [-0.05, 0) is 117 Å². The van der Waals surface area contributed by atoms with Crippen molar-refractivity contribution in [3.8, 4) is 79.0 Å². The molecule has 0 atom stereocenters. The molecule has 0 N–H and O–H groups in total. The first-order valence-electron chi connectivity index (χ1n) is 24.2. The zero-order chi connectivity index (χ0) is 47.2. The molecule has 0 aliphatic heterocycles. The molecule has 334 valence electrons. The van der Waals surface area contributed by atoms with Crippen LogP contribution in [-0.2, 0) is 5.41 Å². The van der Waals surface area contributed by atoms with Gasteiger partial charge in [-0.2, -0.15) is 9.97 Å². The molecule has 0 spiro atoms. The Bertz CT molecular complexity index is 4170. The van der Waals surface area contributed by atoms with Crippen LogP contribution in [0.2, 0.25) is 0 Å². The van der Waals surface area contributed by atoms with Crippen LogP contribution in [-0.4, -0.2) is 29.1 Å². The fourth-order valence-electron chi connectivity index (χ4n) is 11.1. The van der Waals surface area contributed by atoms with Gasteiger partial charge < -0.3 is 4.57 Å². The van der Waals surface area contributed by atoms with Crippen molar-refractivity contribution >= 4 is 43.6 Å². The fourth-order valence-corrected chi connectivity index (χ4v) is 11.1. The van der Waals surface area contributed by atoms with E-state index in [0.29, 0.717) is 17.6 Å². The molecule has 14 rings (SSSR count). The topological polar surface area (TPSA) is 61.4 Å². The predicted octanol–water partition coefficient (Wildman–Crippen LogP) is 16.1. The molecule has 0 amide bonds. The molecule has 6 heteroatoms. The van der Waals surface area contributed by atoms with Crippen molar-refractivity contribution in [1.82, 2.24) is 29.1 Å². The van der Waals surface area contributed by atoms with Crippen molar-refractivity contribution in [1.29, 1.82) is 0 Å². The Hall–Kier alpha value is -9.26. The Morgan fingerprint density at radius 3 is 1.59 bits per heavy atom. The second kappa shape index (κ2) is 15.9. The normalized spacial score (nSPS) is 12.8. The van der Waals surface area contributed by atoms with Gasteiger partial charge in [-0.3, -0.25) is 9.55 Å². The number of nitrogens with zero attached hydrogens (tertiary/aromatic N) is 6. The molecule has 0 radical (unpaired) electrons. The van der Waals surface area contributed by atoms with E-state index in [9.17, 15) is 0 Å². The van der Waals surface area contributed by atoms with Crippen molar-refractivity contribution in [2.24, 2.45) is 0 Å². The number of fused-ring (bicyclic) bond motifs is 9. The first-order valence-corrected chi connectivity index (χ1v) is 24.2. The summed E-state index contributed by atoms with van der Waals surface area (Å²) in [7, 11) is 0. The lowest BCUT2D eigenvalue weighted by atomic mass is 9.82. The molecule has 71 heavy (non-hydrogen) atoms. The summed E-state index contributed by atoms with van der Waals surface area (Å²) in [6.07, 6.45) is 1.85. The van der Waals surface area contributed by atoms with Crippen LogP contribution in [0.3, 0.4) is 0 Å². The number of hydrogen-bond acceptors (Lipinski definition) is 4. The molecule has 4 aromatic heterocycles. The largest absolute Gasteiger partial charge is 0.309 e. The number of benzene rings is 9. The fraction of sp³-hybridized carbons (Fsp3) is 0.0462. The molecule has 0 fully saturated rings. The molecule has 0 saturated heterocycles. The van der Waals surface area contributed by atoms with Gasteiger partial charge in [0.05, 0.1) is 27.8 Å². The van der Waals surface area contributed by atoms with Gasteiger partial charge in [-0.15, -0.1) is 0 Å². The van der Waals surface area contributed by atoms with Gasteiger partial charge in [0, 0.05) is 55.5 Å². The zero-order valence-electron chi connectivity index (χ0n) is 39.1. The van der Waals surface area contributed by atoms with Gasteiger partial charge in [0.25, 0.3) is 0 Å². The quantitative estimate of drug-likeness (QED) is 0.160. The summed E-state index contributed by atoms with van der Waals surface area (Å²) < 4.78 is 4.67. The Morgan fingerprint density at radius 1 is 0.338 bits per heavy atom. The maximum Gasteiger partial charge on any atom is 0.238 e. The van der Waals surface area contributed by atoms with Crippen molar-refractivity contribution in [3.63, 3.8) is 0 Å². The highest BCUT2D eigenvalue weighted by Gasteiger charge is 2.36. The number of hydrogen-bond donors (Lipinski definition) is 0. The van der Waals surface area contributed by atoms with Crippen molar-refractivity contribution < 1.29 is 0 Å². The third kappa shape index (κ3) is 6.56. The van der Waals surface area contributed by atoms with E-state index in [0.717, 1.165) is 83.2 Å². The summed E-state index contributed by atoms with van der Waals surface area (Å²) in [5.41, 5.74) is 19.0. The van der Waals surface area contributed by atoms with Crippen LogP contribution in [0.4, 0.5) is 0 Å². The number of aromatic nitrogens is 6. The number of rotatable bonds is 7. The molecule has 6 nitrogen and oxygen atoms in total. The minimum absolute atomic E-state index is 0.201. The third-order valence-corrected chi connectivity index (χ3v) is 14.6. The molecule has 13 aromatic rings. The first kappa shape index (κ1) is 40.8. The van der Waals surface area contributed by atoms with E-state index in [-0.39, 0.29) is 5.41 Å². The lowest BCUT2D eigenvalue weighted by Gasteiger charge is -2.21. The summed E-state index contributed by atoms with van der Waals surface area (Å²) in [4.78, 5) is 20.3. The van der Waals surface area contributed by atoms with Gasteiger partial charge in [-0.1, -0.05) is 166 Å². The molecule has 1 aliphatic carbocycles. The number of para-hydroxylation sites is 1. The third-order valence-electron chi connectivity index (χ3n) is 14.6. The van der Waals surface area contributed by atoms with Gasteiger partial charge in [0.1, 0.15) is 0 Å². The molecule has 0 unspecified atom stereocenters. The minimum Gasteiger partial charge on any atom is -0.309 e. The summed E-state index contributed by atoms with van der Waals surface area (Å²) in [5, 5.41) is 4.68. The van der Waals surface area contributed by atoms with Crippen molar-refractivity contribution in [2.75, 3.05) is 0 Å². The van der Waals surface area contributed by atoms with Gasteiger partial charge in [0.15, 0.2) is 11.6 Å². The van der Waals surface area contributed by atoms with Crippen LogP contribution in [0, 0.1) is 0 Å². The highest BCUT2D eigenvalue weighted by Crippen LogP contribution is 2.51. The highest BCUT2D eigenvalue weighted by molar-refractivity contribution is 6.14. The second-order valence-electron chi connectivity index (χ2n) is 19.1. The highest BCUT2D eigenvalue weighted by atomic mass is 15.2.